The normalized spacial score (nSPS) is 18.6. The van der Waals surface area contributed by atoms with E-state index in [9.17, 15) is 24.6 Å². The molecule has 1 aliphatic heterocycles. The van der Waals surface area contributed by atoms with E-state index in [4.69, 9.17) is 0 Å². The molecule has 2 aromatic rings. The summed E-state index contributed by atoms with van der Waals surface area (Å²) in [5.41, 5.74) is 4.88. The van der Waals surface area contributed by atoms with E-state index in [1.54, 1.807) is 13.8 Å². The van der Waals surface area contributed by atoms with Crippen LogP contribution in [0.3, 0.4) is 0 Å². The van der Waals surface area contributed by atoms with Crippen LogP contribution in [-0.2, 0) is 14.4 Å². The van der Waals surface area contributed by atoms with Crippen LogP contribution in [0.4, 0.5) is 0 Å². The maximum absolute atomic E-state index is 13.1. The number of carboxylic acids is 1. The lowest BCUT2D eigenvalue weighted by atomic mass is 9.90. The first-order chi connectivity index (χ1) is 18.8. The van der Waals surface area contributed by atoms with Gasteiger partial charge in [0.2, 0.25) is 5.91 Å². The third-order valence-electron chi connectivity index (χ3n) is 7.10. The Hall–Kier alpha value is -3.34. The highest BCUT2D eigenvalue weighted by molar-refractivity contribution is 5.90. The Kier molecular flexibility index (Phi) is 10.4. The fraction of sp³-hybridized carbons (Fsp3) is 0.533. The number of carbonyl (C=O) groups excluding carboxylic acids is 2. The molecule has 1 aromatic heterocycles. The molecule has 10 heteroatoms. The van der Waals surface area contributed by atoms with Crippen molar-refractivity contribution in [3.63, 3.8) is 0 Å². The van der Waals surface area contributed by atoms with Crippen LogP contribution in [0.1, 0.15) is 71.7 Å². The van der Waals surface area contributed by atoms with Gasteiger partial charge in [0.05, 0.1) is 23.4 Å². The molecule has 0 radical (unpaired) electrons. The Balaban J connectivity index is 1.60. The van der Waals surface area contributed by atoms with Crippen molar-refractivity contribution < 1.29 is 24.6 Å². The molecule has 0 unspecified atom stereocenters. The highest BCUT2D eigenvalue weighted by Crippen LogP contribution is 2.22. The smallest absolute Gasteiger partial charge is 0.322 e. The van der Waals surface area contributed by atoms with Gasteiger partial charge in [0.15, 0.2) is 0 Å². The highest BCUT2D eigenvalue weighted by atomic mass is 16.4. The zero-order valence-electron chi connectivity index (χ0n) is 24.3. The summed E-state index contributed by atoms with van der Waals surface area (Å²) in [6.45, 7) is 12.3. The number of pyridine rings is 1. The topological polar surface area (TPSA) is 144 Å². The van der Waals surface area contributed by atoms with E-state index in [2.05, 4.69) is 41.0 Å². The van der Waals surface area contributed by atoms with E-state index in [1.807, 2.05) is 50.3 Å². The summed E-state index contributed by atoms with van der Waals surface area (Å²) >= 11 is 0. The zero-order valence-corrected chi connectivity index (χ0v) is 24.3. The fourth-order valence-corrected chi connectivity index (χ4v) is 4.59. The molecule has 10 nitrogen and oxygen atoms in total. The third kappa shape index (κ3) is 8.33. The van der Waals surface area contributed by atoms with Crippen molar-refractivity contribution in [1.82, 2.24) is 26.1 Å². The molecule has 1 aromatic carbocycles. The molecular weight excluding hydrogens is 510 g/mol. The van der Waals surface area contributed by atoms with Crippen LogP contribution in [0.5, 0.6) is 0 Å². The number of aliphatic hydroxyl groups excluding tert-OH is 1. The minimum atomic E-state index is -1.00. The monoisotopic (exact) mass is 553 g/mol. The second-order valence-corrected chi connectivity index (χ2v) is 11.7. The number of carboxylic acid groups (broad SMARTS) is 1. The van der Waals surface area contributed by atoms with Crippen molar-refractivity contribution in [1.29, 1.82) is 0 Å². The molecule has 1 aliphatic rings. The van der Waals surface area contributed by atoms with Gasteiger partial charge in [-0.2, -0.15) is 0 Å². The Labute approximate surface area is 236 Å². The Bertz CT molecular complexity index is 1240. The number of aromatic nitrogens is 1. The first kappa shape index (κ1) is 31.2. The number of fused-ring (bicyclic) bond motifs is 1. The van der Waals surface area contributed by atoms with Gasteiger partial charge in [-0.05, 0) is 55.7 Å². The second-order valence-electron chi connectivity index (χ2n) is 11.7. The van der Waals surface area contributed by atoms with Crippen molar-refractivity contribution >= 4 is 34.8 Å². The van der Waals surface area contributed by atoms with Crippen molar-refractivity contribution in [3.8, 4) is 0 Å². The molecule has 1 fully saturated rings. The first-order valence-corrected chi connectivity index (χ1v) is 13.9. The number of rotatable bonds is 11. The van der Waals surface area contributed by atoms with E-state index in [-0.39, 0.29) is 23.1 Å². The molecule has 2 heterocycles. The van der Waals surface area contributed by atoms with E-state index in [0.29, 0.717) is 31.6 Å². The minimum Gasteiger partial charge on any atom is -0.480 e. The van der Waals surface area contributed by atoms with Crippen LogP contribution in [-0.4, -0.2) is 69.2 Å². The lowest BCUT2D eigenvalue weighted by Crippen LogP contribution is -2.60. The fourth-order valence-electron chi connectivity index (χ4n) is 4.59. The maximum Gasteiger partial charge on any atom is 0.322 e. The Morgan fingerprint density at radius 2 is 1.88 bits per heavy atom. The summed E-state index contributed by atoms with van der Waals surface area (Å²) in [5, 5.41) is 27.6. The number of aliphatic hydroxyl groups is 1. The largest absolute Gasteiger partial charge is 0.480 e. The highest BCUT2D eigenvalue weighted by Gasteiger charge is 2.32. The minimum absolute atomic E-state index is 0.0266. The van der Waals surface area contributed by atoms with Crippen molar-refractivity contribution in [3.05, 3.63) is 47.7 Å². The number of nitrogens with one attached hydrogen (secondary N) is 3. The summed E-state index contributed by atoms with van der Waals surface area (Å²) in [5.74, 6) is -1.67. The van der Waals surface area contributed by atoms with Crippen LogP contribution in [0.15, 0.2) is 36.4 Å². The number of hydrazine groups is 1. The average Bonchev–Trinajstić information content (AvgIpc) is 2.90. The predicted octanol–water partition coefficient (Wildman–Crippen LogP) is 3.03. The summed E-state index contributed by atoms with van der Waals surface area (Å²) in [4.78, 5) is 41.9. The SMILES string of the molecule is CC(C)[C@H](NCC(C)(C)/C=C/c1ccc2ccc([C@@H](C)O)nc2c1)C(=O)N[C@@H](C)C(=O)N1CCC[C@@H](C(=O)O)N1. The lowest BCUT2D eigenvalue weighted by Gasteiger charge is -2.34. The molecule has 0 saturated carbocycles. The van der Waals surface area contributed by atoms with Crippen molar-refractivity contribution in [2.24, 2.45) is 11.3 Å². The third-order valence-corrected chi connectivity index (χ3v) is 7.10. The standard InChI is InChI=1S/C30H43N5O5/c1-18(2)26(27(37)32-19(3)28(38)35-15-7-8-24(34-35)29(39)40)31-17-30(5,6)14-13-21-9-10-22-11-12-23(20(4)36)33-25(22)16-21/h9-14,16,18-20,24,26,31,34,36H,7-8,15,17H2,1-6H3,(H,32,37)(H,39,40)/b14-13+/t19-,20+,24-,26-/m0/s1. The average molecular weight is 554 g/mol. The molecule has 4 atom stereocenters. The molecule has 40 heavy (non-hydrogen) atoms. The van der Waals surface area contributed by atoms with Crippen LogP contribution in [0, 0.1) is 11.3 Å². The summed E-state index contributed by atoms with van der Waals surface area (Å²) in [6, 6.07) is 7.65. The molecule has 0 bridgehead atoms. The van der Waals surface area contributed by atoms with Gasteiger partial charge in [-0.1, -0.05) is 58.0 Å². The van der Waals surface area contributed by atoms with Gasteiger partial charge < -0.3 is 20.8 Å². The van der Waals surface area contributed by atoms with Gasteiger partial charge in [0.25, 0.3) is 5.91 Å². The van der Waals surface area contributed by atoms with E-state index in [0.717, 1.165) is 16.5 Å². The molecule has 0 spiro atoms. The van der Waals surface area contributed by atoms with Crippen LogP contribution in [0.2, 0.25) is 0 Å². The van der Waals surface area contributed by atoms with Gasteiger partial charge in [-0.15, -0.1) is 0 Å². The van der Waals surface area contributed by atoms with Crippen molar-refractivity contribution in [2.45, 2.75) is 78.6 Å². The molecule has 218 valence electrons. The van der Waals surface area contributed by atoms with Crippen molar-refractivity contribution in [2.75, 3.05) is 13.1 Å². The predicted molar refractivity (Wildman–Crippen MR) is 155 cm³/mol. The van der Waals surface area contributed by atoms with E-state index in [1.165, 1.54) is 5.01 Å². The second kappa shape index (κ2) is 13.3. The number of carbonyl (C=O) groups is 3. The Morgan fingerprint density at radius 3 is 2.52 bits per heavy atom. The maximum atomic E-state index is 13.1. The van der Waals surface area contributed by atoms with Gasteiger partial charge in [-0.3, -0.25) is 24.4 Å². The number of amides is 2. The summed E-state index contributed by atoms with van der Waals surface area (Å²) in [6.07, 6.45) is 4.51. The van der Waals surface area contributed by atoms with Crippen LogP contribution < -0.4 is 16.1 Å². The molecule has 1 saturated heterocycles. The Morgan fingerprint density at radius 1 is 1.18 bits per heavy atom. The molecule has 5 N–H and O–H groups in total. The zero-order chi connectivity index (χ0) is 29.6. The van der Waals surface area contributed by atoms with E-state index < -0.39 is 30.2 Å². The number of hydrogen-bond donors (Lipinski definition) is 5. The van der Waals surface area contributed by atoms with E-state index >= 15 is 0 Å². The van der Waals surface area contributed by atoms with Crippen LogP contribution >= 0.6 is 0 Å². The molecule has 0 aliphatic carbocycles. The lowest BCUT2D eigenvalue weighted by molar-refractivity contribution is -0.148. The summed E-state index contributed by atoms with van der Waals surface area (Å²) in [7, 11) is 0. The molecule has 2 amide bonds. The van der Waals surface area contributed by atoms with Gasteiger partial charge in [0, 0.05) is 18.5 Å². The number of benzene rings is 1. The molecular formula is C30H43N5O5. The first-order valence-electron chi connectivity index (χ1n) is 13.9. The number of nitrogens with zero attached hydrogens (tertiary/aromatic N) is 2. The number of hydrogen-bond acceptors (Lipinski definition) is 7. The van der Waals surface area contributed by atoms with Crippen LogP contribution in [0.25, 0.3) is 17.0 Å². The quantitative estimate of drug-likeness (QED) is 0.286. The number of aliphatic carboxylic acids is 1. The van der Waals surface area contributed by atoms with Gasteiger partial charge in [0.1, 0.15) is 12.1 Å². The molecule has 3 rings (SSSR count). The van der Waals surface area contributed by atoms with Gasteiger partial charge in [-0.25, -0.2) is 5.43 Å². The van der Waals surface area contributed by atoms with Gasteiger partial charge >= 0.3 is 5.97 Å². The summed E-state index contributed by atoms with van der Waals surface area (Å²) < 4.78 is 0.